The van der Waals surface area contributed by atoms with Gasteiger partial charge in [0.15, 0.2) is 0 Å². The zero-order valence-electron chi connectivity index (χ0n) is 10.7. The van der Waals surface area contributed by atoms with Crippen molar-refractivity contribution in [3.8, 4) is 0 Å². The van der Waals surface area contributed by atoms with E-state index in [1.165, 1.54) is 6.42 Å². The molecule has 1 aromatic rings. The molecule has 1 fully saturated rings. The molecule has 6 heteroatoms. The number of halogens is 1. The third-order valence-corrected chi connectivity index (χ3v) is 3.25. The monoisotopic (exact) mass is 273 g/mol. The molecule has 0 bridgehead atoms. The van der Waals surface area contributed by atoms with Gasteiger partial charge in [0, 0.05) is 12.1 Å². The number of piperidine rings is 1. The molecule has 1 aliphatic heterocycles. The topological polar surface area (TPSA) is 67.2 Å². The lowest BCUT2D eigenvalue weighted by atomic mass is 9.93. The van der Waals surface area contributed by atoms with Crippen molar-refractivity contribution in [2.75, 3.05) is 13.1 Å². The molecular weight excluding hydrogens is 254 g/mol. The number of carbonyl (C=O) groups is 1. The van der Waals surface area contributed by atoms with Crippen LogP contribution < -0.4 is 10.6 Å². The number of aryl methyl sites for hydroxylation is 1. The van der Waals surface area contributed by atoms with E-state index in [-0.39, 0.29) is 30.1 Å². The fourth-order valence-electron chi connectivity index (χ4n) is 2.17. The maximum Gasteiger partial charge on any atom is 0.290 e. The lowest BCUT2D eigenvalue weighted by molar-refractivity contribution is 0.0884. The second-order valence-corrected chi connectivity index (χ2v) is 4.70. The van der Waals surface area contributed by atoms with Gasteiger partial charge in [-0.15, -0.1) is 12.4 Å². The quantitative estimate of drug-likeness (QED) is 0.876. The lowest BCUT2D eigenvalue weighted by Crippen LogP contribution is -2.44. The van der Waals surface area contributed by atoms with Crippen LogP contribution in [0.1, 0.15) is 36.0 Å². The van der Waals surface area contributed by atoms with Crippen LogP contribution in [0.15, 0.2) is 10.6 Å². The van der Waals surface area contributed by atoms with Gasteiger partial charge in [-0.2, -0.15) is 0 Å². The van der Waals surface area contributed by atoms with E-state index >= 15 is 0 Å². The summed E-state index contributed by atoms with van der Waals surface area (Å²) in [6, 6.07) is 1.81. The van der Waals surface area contributed by atoms with Crippen molar-refractivity contribution in [3.63, 3.8) is 0 Å². The summed E-state index contributed by atoms with van der Waals surface area (Å²) in [6.45, 7) is 5.89. The van der Waals surface area contributed by atoms with E-state index in [0.717, 1.165) is 25.2 Å². The minimum absolute atomic E-state index is 0. The third-order valence-electron chi connectivity index (χ3n) is 3.25. The van der Waals surface area contributed by atoms with Gasteiger partial charge in [-0.1, -0.05) is 5.16 Å². The summed E-state index contributed by atoms with van der Waals surface area (Å²) in [6.07, 6.45) is 2.33. The normalized spacial score (nSPS) is 20.9. The van der Waals surface area contributed by atoms with Crippen molar-refractivity contribution in [3.05, 3.63) is 17.5 Å². The zero-order chi connectivity index (χ0) is 12.3. The maximum absolute atomic E-state index is 11.8. The third kappa shape index (κ3) is 3.71. The molecule has 2 rings (SSSR count). The van der Waals surface area contributed by atoms with Gasteiger partial charge in [-0.05, 0) is 45.7 Å². The summed E-state index contributed by atoms with van der Waals surface area (Å²) < 4.78 is 4.94. The first kappa shape index (κ1) is 15.0. The van der Waals surface area contributed by atoms with Crippen molar-refractivity contribution in [1.29, 1.82) is 0 Å². The van der Waals surface area contributed by atoms with Gasteiger partial charge < -0.3 is 15.2 Å². The Hall–Kier alpha value is -1.07. The van der Waals surface area contributed by atoms with Crippen LogP contribution in [-0.4, -0.2) is 30.2 Å². The van der Waals surface area contributed by atoms with Gasteiger partial charge in [-0.3, -0.25) is 4.79 Å². The predicted octanol–water partition coefficient (Wildman–Crippen LogP) is 1.52. The number of hydrogen-bond acceptors (Lipinski definition) is 4. The highest BCUT2D eigenvalue weighted by molar-refractivity contribution is 5.91. The van der Waals surface area contributed by atoms with Crippen LogP contribution in [0.4, 0.5) is 0 Å². The summed E-state index contributed by atoms with van der Waals surface area (Å²) >= 11 is 0. The van der Waals surface area contributed by atoms with Crippen LogP contribution in [0.5, 0.6) is 0 Å². The fraction of sp³-hybridized carbons (Fsp3) is 0.667. The standard InChI is InChI=1S/C12H19N3O2.ClH/c1-8-6-11(17-15-8)12(16)14-9(2)10-4-3-5-13-7-10;/h6,9-10,13H,3-5,7H2,1-2H3,(H,14,16);1H. The second-order valence-electron chi connectivity index (χ2n) is 4.70. The predicted molar refractivity (Wildman–Crippen MR) is 71.0 cm³/mol. The van der Waals surface area contributed by atoms with Gasteiger partial charge >= 0.3 is 0 Å². The Morgan fingerprint density at radius 1 is 1.67 bits per heavy atom. The Bertz CT molecular complexity index is 388. The van der Waals surface area contributed by atoms with Crippen LogP contribution in [0, 0.1) is 12.8 Å². The summed E-state index contributed by atoms with van der Waals surface area (Å²) in [5, 5.41) is 10.0. The first-order valence-corrected chi connectivity index (χ1v) is 6.11. The molecule has 0 radical (unpaired) electrons. The first-order valence-electron chi connectivity index (χ1n) is 6.11. The van der Waals surface area contributed by atoms with E-state index in [2.05, 4.69) is 15.8 Å². The summed E-state index contributed by atoms with van der Waals surface area (Å²) in [7, 11) is 0. The molecule has 0 aliphatic carbocycles. The molecule has 0 saturated carbocycles. The highest BCUT2D eigenvalue weighted by atomic mass is 35.5. The number of aromatic nitrogens is 1. The number of hydrogen-bond donors (Lipinski definition) is 2. The molecule has 0 aromatic carbocycles. The van der Waals surface area contributed by atoms with Gasteiger partial charge in [0.05, 0.1) is 5.69 Å². The average molecular weight is 274 g/mol. The highest BCUT2D eigenvalue weighted by Crippen LogP contribution is 2.14. The number of carbonyl (C=O) groups excluding carboxylic acids is 1. The minimum Gasteiger partial charge on any atom is -0.351 e. The molecule has 1 amide bonds. The molecule has 5 nitrogen and oxygen atoms in total. The van der Waals surface area contributed by atoms with Gasteiger partial charge in [-0.25, -0.2) is 0 Å². The molecule has 18 heavy (non-hydrogen) atoms. The van der Waals surface area contributed by atoms with Crippen molar-refractivity contribution >= 4 is 18.3 Å². The first-order chi connectivity index (χ1) is 8.16. The number of nitrogens with zero attached hydrogens (tertiary/aromatic N) is 1. The zero-order valence-corrected chi connectivity index (χ0v) is 11.5. The maximum atomic E-state index is 11.8. The Morgan fingerprint density at radius 2 is 2.44 bits per heavy atom. The van der Waals surface area contributed by atoms with Gasteiger partial charge in [0.25, 0.3) is 5.91 Å². The molecule has 1 saturated heterocycles. The fourth-order valence-corrected chi connectivity index (χ4v) is 2.17. The van der Waals surface area contributed by atoms with E-state index in [1.807, 2.05) is 6.92 Å². The van der Waals surface area contributed by atoms with E-state index in [0.29, 0.717) is 5.92 Å². The highest BCUT2D eigenvalue weighted by Gasteiger charge is 2.22. The molecular formula is C12H20ClN3O2. The molecule has 0 spiro atoms. The molecule has 2 unspecified atom stereocenters. The lowest BCUT2D eigenvalue weighted by Gasteiger charge is -2.28. The largest absolute Gasteiger partial charge is 0.351 e. The molecule has 2 N–H and O–H groups in total. The van der Waals surface area contributed by atoms with Crippen molar-refractivity contribution in [1.82, 2.24) is 15.8 Å². The van der Waals surface area contributed by atoms with E-state index in [9.17, 15) is 4.79 Å². The second kappa shape index (κ2) is 6.75. The number of rotatable bonds is 3. The summed E-state index contributed by atoms with van der Waals surface area (Å²) in [4.78, 5) is 11.8. The van der Waals surface area contributed by atoms with Crippen molar-refractivity contribution in [2.45, 2.75) is 32.7 Å². The van der Waals surface area contributed by atoms with E-state index in [4.69, 9.17) is 4.52 Å². The van der Waals surface area contributed by atoms with Crippen molar-refractivity contribution < 1.29 is 9.32 Å². The Balaban J connectivity index is 0.00000162. The molecule has 2 heterocycles. The van der Waals surface area contributed by atoms with Crippen LogP contribution in [0.25, 0.3) is 0 Å². The van der Waals surface area contributed by atoms with Crippen LogP contribution in [-0.2, 0) is 0 Å². The SMILES string of the molecule is Cc1cc(C(=O)NC(C)C2CCCNC2)on1.Cl. The van der Waals surface area contributed by atoms with Crippen LogP contribution in [0.3, 0.4) is 0 Å². The minimum atomic E-state index is -0.177. The van der Waals surface area contributed by atoms with E-state index in [1.54, 1.807) is 13.0 Å². The molecule has 1 aromatic heterocycles. The number of amides is 1. The smallest absolute Gasteiger partial charge is 0.290 e. The average Bonchev–Trinajstić information content (AvgIpc) is 2.77. The molecule has 2 atom stereocenters. The Kier molecular flexibility index (Phi) is 5.62. The summed E-state index contributed by atoms with van der Waals surface area (Å²) in [5.41, 5.74) is 0.724. The Labute approximate surface area is 113 Å². The molecule has 1 aliphatic rings. The Morgan fingerprint density at radius 3 is 3.00 bits per heavy atom. The van der Waals surface area contributed by atoms with E-state index < -0.39 is 0 Å². The van der Waals surface area contributed by atoms with Gasteiger partial charge in [0.1, 0.15) is 0 Å². The number of nitrogens with one attached hydrogen (secondary N) is 2. The van der Waals surface area contributed by atoms with Crippen LogP contribution in [0.2, 0.25) is 0 Å². The summed E-state index contributed by atoms with van der Waals surface area (Å²) in [5.74, 6) is 0.610. The van der Waals surface area contributed by atoms with Gasteiger partial charge in [0.2, 0.25) is 5.76 Å². The van der Waals surface area contributed by atoms with Crippen molar-refractivity contribution in [2.24, 2.45) is 5.92 Å². The molecule has 102 valence electrons. The van der Waals surface area contributed by atoms with Crippen LogP contribution >= 0.6 is 12.4 Å².